The molecule has 2 aliphatic heterocycles. The highest BCUT2D eigenvalue weighted by Crippen LogP contribution is 2.37. The van der Waals surface area contributed by atoms with E-state index in [9.17, 15) is 4.39 Å². The molecule has 0 aliphatic carbocycles. The lowest BCUT2D eigenvalue weighted by Crippen LogP contribution is -2.21. The van der Waals surface area contributed by atoms with E-state index in [0.29, 0.717) is 30.2 Å². The van der Waals surface area contributed by atoms with Crippen molar-refractivity contribution in [2.45, 2.75) is 19.3 Å². The van der Waals surface area contributed by atoms with Gasteiger partial charge in [0.05, 0.1) is 18.8 Å². The molecule has 150 valence electrons. The van der Waals surface area contributed by atoms with Crippen LogP contribution in [0.25, 0.3) is 23.0 Å². The van der Waals surface area contributed by atoms with E-state index in [2.05, 4.69) is 15.2 Å². The number of halogens is 1. The number of aromatic nitrogens is 4. The van der Waals surface area contributed by atoms with Gasteiger partial charge in [-0.2, -0.15) is 10.1 Å². The Bertz CT molecular complexity index is 1250. The Morgan fingerprint density at radius 3 is 2.90 bits per heavy atom. The minimum atomic E-state index is -0.358. The maximum Gasteiger partial charge on any atom is 0.278 e. The zero-order chi connectivity index (χ0) is 20.1. The summed E-state index contributed by atoms with van der Waals surface area (Å²) in [6.07, 6.45) is -0.162. The van der Waals surface area contributed by atoms with Crippen molar-refractivity contribution in [1.82, 2.24) is 19.9 Å². The van der Waals surface area contributed by atoms with E-state index in [0.717, 1.165) is 22.8 Å². The first-order valence-electron chi connectivity index (χ1n) is 9.41. The molecule has 1 atom stereocenters. The lowest BCUT2D eigenvalue weighted by molar-refractivity contribution is -0.00122. The zero-order valence-corrected chi connectivity index (χ0v) is 15.6. The smallest absolute Gasteiger partial charge is 0.278 e. The van der Waals surface area contributed by atoms with E-state index in [4.69, 9.17) is 18.7 Å². The normalized spacial score (nSPS) is 17.2. The summed E-state index contributed by atoms with van der Waals surface area (Å²) in [5.74, 6) is 1.68. The maximum absolute atomic E-state index is 13.5. The summed E-state index contributed by atoms with van der Waals surface area (Å²) in [5.41, 5.74) is 3.00. The molecule has 6 rings (SSSR count). The average Bonchev–Trinajstić information content (AvgIpc) is 3.51. The quantitative estimate of drug-likeness (QED) is 0.512. The summed E-state index contributed by atoms with van der Waals surface area (Å²) < 4.78 is 37.5. The fraction of sp³-hybridized carbons (Fsp3) is 0.190. The summed E-state index contributed by atoms with van der Waals surface area (Å²) >= 11 is 0. The molecule has 9 heteroatoms. The molecule has 0 spiro atoms. The van der Waals surface area contributed by atoms with Crippen molar-refractivity contribution in [3.05, 3.63) is 65.6 Å². The molecule has 0 bridgehead atoms. The predicted molar refractivity (Wildman–Crippen MR) is 101 cm³/mol. The summed E-state index contributed by atoms with van der Waals surface area (Å²) in [5, 5.41) is 8.55. The number of rotatable bonds is 3. The second-order valence-electron chi connectivity index (χ2n) is 7.05. The van der Waals surface area contributed by atoms with E-state index in [-0.39, 0.29) is 24.6 Å². The Balaban J connectivity index is 1.26. The Morgan fingerprint density at radius 1 is 1.03 bits per heavy atom. The topological polar surface area (TPSA) is 84.4 Å². The van der Waals surface area contributed by atoms with Crippen LogP contribution in [0.1, 0.15) is 17.4 Å². The van der Waals surface area contributed by atoms with Crippen LogP contribution in [0.5, 0.6) is 11.5 Å². The molecular weight excluding hydrogens is 391 g/mol. The van der Waals surface area contributed by atoms with Crippen molar-refractivity contribution in [3.8, 4) is 34.5 Å². The highest BCUT2D eigenvalue weighted by atomic mass is 19.1. The van der Waals surface area contributed by atoms with Crippen molar-refractivity contribution in [1.29, 1.82) is 0 Å². The molecule has 8 nitrogen and oxygen atoms in total. The Kier molecular flexibility index (Phi) is 3.81. The Morgan fingerprint density at radius 2 is 1.97 bits per heavy atom. The van der Waals surface area contributed by atoms with Crippen LogP contribution >= 0.6 is 0 Å². The van der Waals surface area contributed by atoms with Crippen molar-refractivity contribution < 1.29 is 23.1 Å². The van der Waals surface area contributed by atoms with Crippen LogP contribution < -0.4 is 9.47 Å². The van der Waals surface area contributed by atoms with Crippen LogP contribution in [0.15, 0.2) is 53.1 Å². The number of benzene rings is 2. The van der Waals surface area contributed by atoms with Crippen LogP contribution in [-0.4, -0.2) is 26.7 Å². The third-order valence-corrected chi connectivity index (χ3v) is 5.13. The molecule has 0 N–H and O–H groups in total. The zero-order valence-electron chi connectivity index (χ0n) is 15.6. The van der Waals surface area contributed by atoms with Crippen LogP contribution in [0.3, 0.4) is 0 Å². The summed E-state index contributed by atoms with van der Waals surface area (Å²) in [4.78, 5) is 4.36. The fourth-order valence-corrected chi connectivity index (χ4v) is 3.62. The summed E-state index contributed by atoms with van der Waals surface area (Å²) in [6.45, 7) is 1.18. The number of fused-ring (bicyclic) bond motifs is 2. The molecule has 0 unspecified atom stereocenters. The highest BCUT2D eigenvalue weighted by molar-refractivity contribution is 5.58. The molecular formula is C21H15FN4O4. The minimum absolute atomic E-state index is 0.162. The van der Waals surface area contributed by atoms with Gasteiger partial charge < -0.3 is 18.7 Å². The van der Waals surface area contributed by atoms with Crippen LogP contribution in [0.2, 0.25) is 0 Å². The van der Waals surface area contributed by atoms with E-state index >= 15 is 0 Å². The van der Waals surface area contributed by atoms with Crippen LogP contribution in [0.4, 0.5) is 4.39 Å². The van der Waals surface area contributed by atoms with E-state index < -0.39 is 0 Å². The van der Waals surface area contributed by atoms with Gasteiger partial charge in [0.15, 0.2) is 17.2 Å². The van der Waals surface area contributed by atoms with Crippen molar-refractivity contribution in [2.75, 3.05) is 6.79 Å². The van der Waals surface area contributed by atoms with Gasteiger partial charge in [-0.3, -0.25) is 4.68 Å². The SMILES string of the molecule is Fc1cccc(-c2noc(-c3cc4n(n3)C[C@@H](c3ccc5c(c3)OCO5)OC4)n2)c1. The molecule has 0 radical (unpaired) electrons. The van der Waals surface area contributed by atoms with Gasteiger partial charge in [0.1, 0.15) is 11.9 Å². The standard InChI is InChI=1S/C21H15FN4O4/c22-14-3-1-2-13(6-14)20-23-21(30-25-20)16-8-15-10-27-19(9-26(15)24-16)12-4-5-17-18(7-12)29-11-28-17/h1-8,19H,9-11H2/t19-/m0/s1. The van der Waals surface area contributed by atoms with Crippen molar-refractivity contribution in [2.24, 2.45) is 0 Å². The maximum atomic E-state index is 13.5. The third kappa shape index (κ3) is 2.91. The monoisotopic (exact) mass is 406 g/mol. The molecule has 0 fully saturated rings. The molecule has 4 heterocycles. The molecule has 30 heavy (non-hydrogen) atoms. The van der Waals surface area contributed by atoms with Gasteiger partial charge in [-0.15, -0.1) is 0 Å². The number of nitrogens with zero attached hydrogens (tertiary/aromatic N) is 4. The summed E-state index contributed by atoms with van der Waals surface area (Å²) in [7, 11) is 0. The van der Waals surface area contributed by atoms with Gasteiger partial charge in [-0.1, -0.05) is 23.4 Å². The first kappa shape index (κ1) is 17.2. The molecule has 2 aromatic heterocycles. The summed E-state index contributed by atoms with van der Waals surface area (Å²) in [6, 6.07) is 13.7. The molecule has 4 aromatic rings. The first-order chi connectivity index (χ1) is 14.7. The average molecular weight is 406 g/mol. The molecule has 2 aliphatic rings. The van der Waals surface area contributed by atoms with Crippen LogP contribution in [-0.2, 0) is 17.9 Å². The third-order valence-electron chi connectivity index (χ3n) is 5.13. The van der Waals surface area contributed by atoms with E-state index in [1.165, 1.54) is 12.1 Å². The van der Waals surface area contributed by atoms with Gasteiger partial charge in [0, 0.05) is 5.56 Å². The van der Waals surface area contributed by atoms with E-state index in [1.807, 2.05) is 28.9 Å². The second kappa shape index (κ2) is 6.67. The predicted octanol–water partition coefficient (Wildman–Crippen LogP) is 3.74. The van der Waals surface area contributed by atoms with E-state index in [1.54, 1.807) is 12.1 Å². The van der Waals surface area contributed by atoms with Gasteiger partial charge in [0.25, 0.3) is 5.89 Å². The lowest BCUT2D eigenvalue weighted by atomic mass is 10.1. The molecule has 0 saturated heterocycles. The van der Waals surface area contributed by atoms with Gasteiger partial charge in [-0.05, 0) is 35.9 Å². The molecule has 0 amide bonds. The van der Waals surface area contributed by atoms with Gasteiger partial charge in [-0.25, -0.2) is 4.39 Å². The highest BCUT2D eigenvalue weighted by Gasteiger charge is 2.26. The lowest BCUT2D eigenvalue weighted by Gasteiger charge is -2.24. The number of ether oxygens (including phenoxy) is 3. The largest absolute Gasteiger partial charge is 0.454 e. The number of hydrogen-bond donors (Lipinski definition) is 0. The Hall–Kier alpha value is -3.72. The fourth-order valence-electron chi connectivity index (χ4n) is 3.62. The number of hydrogen-bond acceptors (Lipinski definition) is 7. The first-order valence-corrected chi connectivity index (χ1v) is 9.41. The van der Waals surface area contributed by atoms with Gasteiger partial charge in [0.2, 0.25) is 12.6 Å². The van der Waals surface area contributed by atoms with Crippen molar-refractivity contribution in [3.63, 3.8) is 0 Å². The molecule has 2 aromatic carbocycles. The van der Waals surface area contributed by atoms with Crippen LogP contribution in [0, 0.1) is 5.82 Å². The Labute approximate surface area is 169 Å². The van der Waals surface area contributed by atoms with Gasteiger partial charge >= 0.3 is 0 Å². The second-order valence-corrected chi connectivity index (χ2v) is 7.05. The van der Waals surface area contributed by atoms with Crippen molar-refractivity contribution >= 4 is 0 Å². The minimum Gasteiger partial charge on any atom is -0.454 e. The molecule has 0 saturated carbocycles.